The normalized spacial score (nSPS) is 10.6. The van der Waals surface area contributed by atoms with Gasteiger partial charge in [0, 0.05) is 47.8 Å². The van der Waals surface area contributed by atoms with Crippen LogP contribution in [0.5, 0.6) is 0 Å². The van der Waals surface area contributed by atoms with Crippen molar-refractivity contribution in [3.8, 4) is 0 Å². The molecule has 0 spiro atoms. The van der Waals surface area contributed by atoms with Crippen LogP contribution >= 0.6 is 0 Å². The Morgan fingerprint density at radius 1 is 1.16 bits per heavy atom. The maximum Gasteiger partial charge on any atom is 0.258 e. The van der Waals surface area contributed by atoms with E-state index >= 15 is 0 Å². The predicted molar refractivity (Wildman–Crippen MR) is 75.3 cm³/mol. The fourth-order valence-electron chi connectivity index (χ4n) is 2.14. The number of aromatic nitrogens is 2. The molecule has 3 aromatic rings. The van der Waals surface area contributed by atoms with Crippen LogP contribution < -0.4 is 4.90 Å². The lowest BCUT2D eigenvalue weighted by Crippen LogP contribution is -2.26. The molecular weight excluding hydrogens is 238 g/mol. The van der Waals surface area contributed by atoms with Gasteiger partial charge in [0.15, 0.2) is 0 Å². The van der Waals surface area contributed by atoms with Crippen LogP contribution in [0.2, 0.25) is 0 Å². The van der Waals surface area contributed by atoms with Gasteiger partial charge in [-0.05, 0) is 30.3 Å². The Kier molecular flexibility index (Phi) is 2.76. The zero-order valence-corrected chi connectivity index (χ0v) is 10.5. The fraction of sp³-hybridized carbons (Fsp3) is 0.0667. The number of carbonyl (C=O) groups is 1. The number of fused-ring (bicyclic) bond motifs is 1. The van der Waals surface area contributed by atoms with E-state index in [4.69, 9.17) is 0 Å². The molecule has 94 valence electrons. The molecule has 0 atom stereocenters. The lowest BCUT2D eigenvalue weighted by atomic mass is 10.1. The van der Waals surface area contributed by atoms with Crippen molar-refractivity contribution >= 4 is 22.5 Å². The maximum atomic E-state index is 12.5. The number of aromatic amines is 1. The molecule has 19 heavy (non-hydrogen) atoms. The summed E-state index contributed by atoms with van der Waals surface area (Å²) in [5.41, 5.74) is 2.49. The number of pyridine rings is 1. The molecule has 2 aromatic heterocycles. The summed E-state index contributed by atoms with van der Waals surface area (Å²) in [6.45, 7) is 0. The summed E-state index contributed by atoms with van der Waals surface area (Å²) in [4.78, 5) is 21.2. The molecule has 0 unspecified atom stereocenters. The predicted octanol–water partition coefficient (Wildman–Crippen LogP) is 2.84. The van der Waals surface area contributed by atoms with Crippen molar-refractivity contribution in [3.05, 3.63) is 60.6 Å². The fourth-order valence-corrected chi connectivity index (χ4v) is 2.14. The van der Waals surface area contributed by atoms with E-state index < -0.39 is 0 Å². The minimum atomic E-state index is -0.0311. The number of anilines is 1. The van der Waals surface area contributed by atoms with E-state index in [1.54, 1.807) is 24.3 Å². The number of amides is 1. The van der Waals surface area contributed by atoms with E-state index in [1.165, 1.54) is 0 Å². The van der Waals surface area contributed by atoms with E-state index in [1.807, 2.05) is 42.6 Å². The molecule has 0 saturated carbocycles. The molecule has 1 N–H and O–H groups in total. The summed E-state index contributed by atoms with van der Waals surface area (Å²) in [5.74, 6) is -0.0311. The molecule has 0 aliphatic rings. The molecule has 3 rings (SSSR count). The zero-order chi connectivity index (χ0) is 13.2. The summed E-state index contributed by atoms with van der Waals surface area (Å²) in [6.07, 6.45) is 5.19. The Morgan fingerprint density at radius 3 is 2.74 bits per heavy atom. The van der Waals surface area contributed by atoms with Crippen molar-refractivity contribution in [1.82, 2.24) is 9.97 Å². The summed E-state index contributed by atoms with van der Waals surface area (Å²) in [6, 6.07) is 11.2. The number of H-pyrrole nitrogens is 1. The molecule has 2 heterocycles. The summed E-state index contributed by atoms with van der Waals surface area (Å²) in [5, 5.41) is 0.938. The van der Waals surface area contributed by atoms with Gasteiger partial charge in [0.05, 0.1) is 0 Å². The Balaban J connectivity index is 2.02. The Bertz CT molecular complexity index is 718. The third-order valence-corrected chi connectivity index (χ3v) is 3.18. The Labute approximate surface area is 110 Å². The number of hydrogen-bond acceptors (Lipinski definition) is 2. The van der Waals surface area contributed by atoms with Crippen LogP contribution in [-0.2, 0) is 0 Å². The molecule has 0 fully saturated rings. The number of carbonyl (C=O) groups excluding carboxylic acids is 1. The highest BCUT2D eigenvalue weighted by molar-refractivity contribution is 6.13. The summed E-state index contributed by atoms with van der Waals surface area (Å²) < 4.78 is 0. The molecule has 1 aromatic carbocycles. The quantitative estimate of drug-likeness (QED) is 0.761. The monoisotopic (exact) mass is 251 g/mol. The minimum absolute atomic E-state index is 0.0311. The third kappa shape index (κ3) is 1.97. The molecule has 4 heteroatoms. The van der Waals surface area contributed by atoms with Crippen LogP contribution in [0.1, 0.15) is 10.4 Å². The van der Waals surface area contributed by atoms with Crippen molar-refractivity contribution in [2.24, 2.45) is 0 Å². The van der Waals surface area contributed by atoms with Crippen LogP contribution in [0, 0.1) is 0 Å². The van der Waals surface area contributed by atoms with E-state index in [-0.39, 0.29) is 5.91 Å². The number of hydrogen-bond donors (Lipinski definition) is 1. The van der Waals surface area contributed by atoms with Gasteiger partial charge in [-0.3, -0.25) is 9.78 Å². The highest BCUT2D eigenvalue weighted by Crippen LogP contribution is 2.21. The minimum Gasteiger partial charge on any atom is -0.361 e. The average molecular weight is 251 g/mol. The highest BCUT2D eigenvalue weighted by atomic mass is 16.2. The van der Waals surface area contributed by atoms with E-state index in [2.05, 4.69) is 9.97 Å². The summed E-state index contributed by atoms with van der Waals surface area (Å²) in [7, 11) is 1.77. The van der Waals surface area contributed by atoms with Crippen molar-refractivity contribution in [1.29, 1.82) is 0 Å². The SMILES string of the molecule is CN(C(=O)c1cccc2[nH]ccc12)c1ccncc1. The molecule has 0 aliphatic carbocycles. The standard InChI is InChI=1S/C15H13N3O/c1-18(11-5-8-16-9-6-11)15(19)13-3-2-4-14-12(13)7-10-17-14/h2-10,17H,1H3. The van der Waals surface area contributed by atoms with E-state index in [0.717, 1.165) is 16.6 Å². The molecule has 1 amide bonds. The smallest absolute Gasteiger partial charge is 0.258 e. The second-order valence-corrected chi connectivity index (χ2v) is 4.31. The first-order valence-electron chi connectivity index (χ1n) is 6.01. The van der Waals surface area contributed by atoms with E-state index in [9.17, 15) is 4.79 Å². The topological polar surface area (TPSA) is 49.0 Å². The first-order chi connectivity index (χ1) is 9.27. The van der Waals surface area contributed by atoms with E-state index in [0.29, 0.717) is 5.56 Å². The van der Waals surface area contributed by atoms with Crippen LogP contribution in [0.15, 0.2) is 55.0 Å². The average Bonchev–Trinajstić information content (AvgIpc) is 2.95. The number of benzene rings is 1. The molecule has 0 bridgehead atoms. The Morgan fingerprint density at radius 2 is 1.95 bits per heavy atom. The van der Waals surface area contributed by atoms with Crippen LogP contribution in [0.25, 0.3) is 10.9 Å². The maximum absolute atomic E-state index is 12.5. The lowest BCUT2D eigenvalue weighted by molar-refractivity contribution is 0.0994. The largest absolute Gasteiger partial charge is 0.361 e. The second kappa shape index (κ2) is 4.57. The molecule has 0 saturated heterocycles. The Hall–Kier alpha value is -2.62. The van der Waals surface area contributed by atoms with Gasteiger partial charge in [-0.1, -0.05) is 6.07 Å². The van der Waals surface area contributed by atoms with Crippen LogP contribution in [0.3, 0.4) is 0 Å². The third-order valence-electron chi connectivity index (χ3n) is 3.18. The number of rotatable bonds is 2. The van der Waals surface area contributed by atoms with Gasteiger partial charge in [-0.15, -0.1) is 0 Å². The van der Waals surface area contributed by atoms with Crippen LogP contribution in [-0.4, -0.2) is 22.9 Å². The first kappa shape index (κ1) is 11.5. The van der Waals surface area contributed by atoms with Gasteiger partial charge in [0.25, 0.3) is 5.91 Å². The van der Waals surface area contributed by atoms with Gasteiger partial charge in [0.1, 0.15) is 0 Å². The van der Waals surface area contributed by atoms with Crippen molar-refractivity contribution in [3.63, 3.8) is 0 Å². The molecular formula is C15H13N3O. The highest BCUT2D eigenvalue weighted by Gasteiger charge is 2.16. The van der Waals surface area contributed by atoms with Gasteiger partial charge in [0.2, 0.25) is 0 Å². The first-order valence-corrected chi connectivity index (χ1v) is 6.01. The molecule has 4 nitrogen and oxygen atoms in total. The molecule has 0 aliphatic heterocycles. The van der Waals surface area contributed by atoms with Gasteiger partial charge < -0.3 is 9.88 Å². The number of nitrogens with one attached hydrogen (secondary N) is 1. The molecule has 0 radical (unpaired) electrons. The number of nitrogens with zero attached hydrogens (tertiary/aromatic N) is 2. The van der Waals surface area contributed by atoms with Crippen molar-refractivity contribution in [2.45, 2.75) is 0 Å². The van der Waals surface area contributed by atoms with Crippen LogP contribution in [0.4, 0.5) is 5.69 Å². The lowest BCUT2D eigenvalue weighted by Gasteiger charge is -2.17. The van der Waals surface area contributed by atoms with Gasteiger partial charge >= 0.3 is 0 Å². The van der Waals surface area contributed by atoms with Gasteiger partial charge in [-0.2, -0.15) is 0 Å². The van der Waals surface area contributed by atoms with Gasteiger partial charge in [-0.25, -0.2) is 0 Å². The zero-order valence-electron chi connectivity index (χ0n) is 10.5. The summed E-state index contributed by atoms with van der Waals surface area (Å²) >= 11 is 0. The van der Waals surface area contributed by atoms with Crippen molar-refractivity contribution < 1.29 is 4.79 Å². The second-order valence-electron chi connectivity index (χ2n) is 4.31. The van der Waals surface area contributed by atoms with Crippen molar-refractivity contribution in [2.75, 3.05) is 11.9 Å².